The molecule has 174 valence electrons. The lowest BCUT2D eigenvalue weighted by atomic mass is 9.91. The zero-order valence-corrected chi connectivity index (χ0v) is 17.6. The van der Waals surface area contributed by atoms with Crippen molar-refractivity contribution in [2.24, 2.45) is 5.92 Å². The molecule has 0 radical (unpaired) electrons. The first kappa shape index (κ1) is 23.4. The summed E-state index contributed by atoms with van der Waals surface area (Å²) >= 11 is 0. The van der Waals surface area contributed by atoms with Crippen molar-refractivity contribution >= 4 is 24.0 Å². The number of carboxylic acids is 1. The second-order valence-electron chi connectivity index (χ2n) is 8.40. The molecular formula is C21H25F2N3O6. The van der Waals surface area contributed by atoms with Crippen molar-refractivity contribution in [3.63, 3.8) is 0 Å². The van der Waals surface area contributed by atoms with Crippen LogP contribution in [0.25, 0.3) is 0 Å². The standard InChI is InChI=1S/C21H25F2N3O6/c1-13(9-18(28)29)8-17(27)24-19(30)25-6-4-21(5-7-25)12-26(20(31)32-21)11-14-2-3-15(22)16(23)10-14/h2-3,10,13H,4-9,11-12H2,1H3,(H,28,29)(H,24,27,30). The minimum absolute atomic E-state index is 0.0744. The third-order valence-electron chi connectivity index (χ3n) is 5.66. The monoisotopic (exact) mass is 453 g/mol. The zero-order valence-electron chi connectivity index (χ0n) is 17.6. The van der Waals surface area contributed by atoms with Gasteiger partial charge >= 0.3 is 18.1 Å². The molecule has 1 atom stereocenters. The molecule has 1 unspecified atom stereocenters. The van der Waals surface area contributed by atoms with Crippen molar-refractivity contribution in [3.8, 4) is 0 Å². The highest BCUT2D eigenvalue weighted by atomic mass is 19.2. The normalized spacial score (nSPS) is 18.4. The number of carboxylic acid groups (broad SMARTS) is 1. The fourth-order valence-corrected chi connectivity index (χ4v) is 3.99. The average molecular weight is 453 g/mol. The van der Waals surface area contributed by atoms with E-state index in [1.807, 2.05) is 0 Å². The van der Waals surface area contributed by atoms with E-state index in [4.69, 9.17) is 9.84 Å². The first-order valence-electron chi connectivity index (χ1n) is 10.3. The number of likely N-dealkylation sites (tertiary alicyclic amines) is 1. The SMILES string of the molecule is CC(CC(=O)O)CC(=O)NC(=O)N1CCC2(CC1)CN(Cc1ccc(F)c(F)c1)C(=O)O2. The number of carbonyl (C=O) groups is 4. The second kappa shape index (κ2) is 9.49. The number of rotatable bonds is 6. The maximum atomic E-state index is 13.4. The smallest absolute Gasteiger partial charge is 0.410 e. The lowest BCUT2D eigenvalue weighted by Gasteiger charge is -2.37. The Morgan fingerprint density at radius 2 is 1.88 bits per heavy atom. The first-order chi connectivity index (χ1) is 15.1. The molecule has 32 heavy (non-hydrogen) atoms. The van der Waals surface area contributed by atoms with Crippen molar-refractivity contribution in [1.82, 2.24) is 15.1 Å². The predicted octanol–water partition coefficient (Wildman–Crippen LogP) is 2.49. The maximum Gasteiger partial charge on any atom is 0.410 e. The van der Waals surface area contributed by atoms with E-state index in [9.17, 15) is 28.0 Å². The molecule has 0 aliphatic carbocycles. The average Bonchev–Trinajstić information content (AvgIpc) is 2.98. The molecule has 0 aromatic heterocycles. The predicted molar refractivity (Wildman–Crippen MR) is 106 cm³/mol. The largest absolute Gasteiger partial charge is 0.481 e. The van der Waals surface area contributed by atoms with Crippen molar-refractivity contribution in [2.75, 3.05) is 19.6 Å². The molecule has 1 spiro atoms. The van der Waals surface area contributed by atoms with Crippen LogP contribution in [-0.4, -0.2) is 64.1 Å². The lowest BCUT2D eigenvalue weighted by Crippen LogP contribution is -2.52. The first-order valence-corrected chi connectivity index (χ1v) is 10.3. The zero-order chi connectivity index (χ0) is 23.5. The summed E-state index contributed by atoms with van der Waals surface area (Å²) in [5.74, 6) is -3.91. The lowest BCUT2D eigenvalue weighted by molar-refractivity contribution is -0.138. The van der Waals surface area contributed by atoms with Crippen LogP contribution in [-0.2, 0) is 20.9 Å². The van der Waals surface area contributed by atoms with Gasteiger partial charge in [0.25, 0.3) is 0 Å². The fraction of sp³-hybridized carbons (Fsp3) is 0.524. The van der Waals surface area contributed by atoms with E-state index in [1.54, 1.807) is 6.92 Å². The number of piperidine rings is 1. The number of halogens is 2. The van der Waals surface area contributed by atoms with Crippen molar-refractivity contribution in [1.29, 1.82) is 0 Å². The number of hydrogen-bond donors (Lipinski definition) is 2. The number of nitrogens with zero attached hydrogens (tertiary/aromatic N) is 2. The van der Waals surface area contributed by atoms with Gasteiger partial charge in [-0.3, -0.25) is 19.8 Å². The molecule has 3 rings (SSSR count). The van der Waals surface area contributed by atoms with Crippen LogP contribution in [0.15, 0.2) is 18.2 Å². The molecule has 1 aromatic carbocycles. The van der Waals surface area contributed by atoms with Gasteiger partial charge in [0.05, 0.1) is 6.54 Å². The number of imide groups is 1. The van der Waals surface area contributed by atoms with Gasteiger partial charge in [0.15, 0.2) is 11.6 Å². The molecular weight excluding hydrogens is 428 g/mol. The minimum Gasteiger partial charge on any atom is -0.481 e. The summed E-state index contributed by atoms with van der Waals surface area (Å²) in [5.41, 5.74) is -0.350. The van der Waals surface area contributed by atoms with Gasteiger partial charge in [-0.15, -0.1) is 0 Å². The Morgan fingerprint density at radius 1 is 1.19 bits per heavy atom. The third-order valence-corrected chi connectivity index (χ3v) is 5.66. The van der Waals surface area contributed by atoms with Crippen molar-refractivity contribution in [3.05, 3.63) is 35.4 Å². The number of ether oxygens (including phenoxy) is 1. The number of amides is 4. The van der Waals surface area contributed by atoms with Crippen LogP contribution in [0.1, 0.15) is 38.2 Å². The maximum absolute atomic E-state index is 13.4. The molecule has 0 bridgehead atoms. The molecule has 4 amide bonds. The number of hydrogen-bond acceptors (Lipinski definition) is 5. The van der Waals surface area contributed by atoms with E-state index in [1.165, 1.54) is 15.9 Å². The fourth-order valence-electron chi connectivity index (χ4n) is 3.99. The summed E-state index contributed by atoms with van der Waals surface area (Å²) in [7, 11) is 0. The Bertz CT molecular complexity index is 917. The van der Waals surface area contributed by atoms with Gasteiger partial charge in [0, 0.05) is 45.3 Å². The summed E-state index contributed by atoms with van der Waals surface area (Å²) in [6.45, 7) is 2.46. The topological polar surface area (TPSA) is 116 Å². The van der Waals surface area contributed by atoms with Crippen LogP contribution in [0.4, 0.5) is 18.4 Å². The summed E-state index contributed by atoms with van der Waals surface area (Å²) in [6.07, 6.45) is -0.0731. The van der Waals surface area contributed by atoms with Crippen molar-refractivity contribution < 1.29 is 37.8 Å². The quantitative estimate of drug-likeness (QED) is 0.684. The van der Waals surface area contributed by atoms with Crippen LogP contribution in [0.2, 0.25) is 0 Å². The summed E-state index contributed by atoms with van der Waals surface area (Å²) in [6, 6.07) is 2.87. The van der Waals surface area contributed by atoms with E-state index in [0.717, 1.165) is 12.1 Å². The van der Waals surface area contributed by atoms with Gasteiger partial charge in [-0.05, 0) is 23.6 Å². The summed E-state index contributed by atoms with van der Waals surface area (Å²) < 4.78 is 32.1. The highest BCUT2D eigenvalue weighted by Gasteiger charge is 2.47. The Morgan fingerprint density at radius 3 is 2.50 bits per heavy atom. The molecule has 2 fully saturated rings. The minimum atomic E-state index is -1.01. The number of urea groups is 1. The highest BCUT2D eigenvalue weighted by molar-refractivity contribution is 5.94. The summed E-state index contributed by atoms with van der Waals surface area (Å²) in [4.78, 5) is 50.1. The second-order valence-corrected chi connectivity index (χ2v) is 8.40. The van der Waals surface area contributed by atoms with Crippen LogP contribution in [0, 0.1) is 17.6 Å². The van der Waals surface area contributed by atoms with E-state index >= 15 is 0 Å². The highest BCUT2D eigenvalue weighted by Crippen LogP contribution is 2.34. The van der Waals surface area contributed by atoms with Crippen LogP contribution in [0.5, 0.6) is 0 Å². The number of nitrogens with one attached hydrogen (secondary N) is 1. The van der Waals surface area contributed by atoms with Crippen LogP contribution < -0.4 is 5.32 Å². The van der Waals surface area contributed by atoms with E-state index in [0.29, 0.717) is 18.4 Å². The Labute approximate surface area is 183 Å². The number of carbonyl (C=O) groups excluding carboxylic acids is 3. The van der Waals surface area contributed by atoms with Gasteiger partial charge in [-0.2, -0.15) is 0 Å². The van der Waals surface area contributed by atoms with E-state index in [-0.39, 0.29) is 39.0 Å². The molecule has 2 aliphatic rings. The third kappa shape index (κ3) is 5.71. The molecule has 1 aromatic rings. The van der Waals surface area contributed by atoms with Crippen LogP contribution in [0.3, 0.4) is 0 Å². The van der Waals surface area contributed by atoms with E-state index < -0.39 is 47.2 Å². The summed E-state index contributed by atoms with van der Waals surface area (Å²) in [5, 5.41) is 11.0. The Kier molecular flexibility index (Phi) is 6.95. The number of aliphatic carboxylic acids is 1. The van der Waals surface area contributed by atoms with Gasteiger partial charge in [-0.1, -0.05) is 13.0 Å². The molecule has 2 aliphatic heterocycles. The number of benzene rings is 1. The molecule has 11 heteroatoms. The Balaban J connectivity index is 1.49. The van der Waals surface area contributed by atoms with Crippen molar-refractivity contribution in [2.45, 2.75) is 44.8 Å². The Hall–Kier alpha value is -3.24. The van der Waals surface area contributed by atoms with Gasteiger partial charge in [0.1, 0.15) is 5.60 Å². The van der Waals surface area contributed by atoms with E-state index in [2.05, 4.69) is 5.32 Å². The molecule has 2 saturated heterocycles. The van der Waals surface area contributed by atoms with Gasteiger partial charge < -0.3 is 14.7 Å². The van der Waals surface area contributed by atoms with Gasteiger partial charge in [0.2, 0.25) is 5.91 Å². The molecule has 2 heterocycles. The molecule has 2 N–H and O–H groups in total. The van der Waals surface area contributed by atoms with Gasteiger partial charge in [-0.25, -0.2) is 18.4 Å². The molecule has 9 nitrogen and oxygen atoms in total. The molecule has 0 saturated carbocycles. The van der Waals surface area contributed by atoms with Crippen LogP contribution >= 0.6 is 0 Å².